The lowest BCUT2D eigenvalue weighted by Crippen LogP contribution is -2.58. The Bertz CT molecular complexity index is 284. The van der Waals surface area contributed by atoms with Crippen LogP contribution < -0.4 is 5.32 Å². The van der Waals surface area contributed by atoms with Crippen LogP contribution in [0.5, 0.6) is 0 Å². The molecule has 19 heavy (non-hydrogen) atoms. The molecule has 2 atom stereocenters. The van der Waals surface area contributed by atoms with Crippen LogP contribution in [0.3, 0.4) is 0 Å². The van der Waals surface area contributed by atoms with Gasteiger partial charge in [-0.1, -0.05) is 0 Å². The highest BCUT2D eigenvalue weighted by Crippen LogP contribution is 2.17. The quantitative estimate of drug-likeness (QED) is 0.702. The minimum atomic E-state index is -0.649. The van der Waals surface area contributed by atoms with E-state index in [0.717, 1.165) is 32.5 Å². The molecule has 1 aliphatic rings. The van der Waals surface area contributed by atoms with E-state index < -0.39 is 5.54 Å². The monoisotopic (exact) mass is 272 g/mol. The Morgan fingerprint density at radius 2 is 2.16 bits per heavy atom. The summed E-state index contributed by atoms with van der Waals surface area (Å²) in [5, 5.41) is 3.10. The van der Waals surface area contributed by atoms with Gasteiger partial charge >= 0.3 is 5.97 Å². The maximum Gasteiger partial charge on any atom is 0.327 e. The lowest BCUT2D eigenvalue weighted by atomic mass is 9.99. The van der Waals surface area contributed by atoms with Crippen LogP contribution in [0.1, 0.15) is 33.6 Å². The fraction of sp³-hybridized carbons (Fsp3) is 0.929. The molecule has 0 bridgehead atoms. The Kier molecular flexibility index (Phi) is 6.75. The van der Waals surface area contributed by atoms with Crippen molar-refractivity contribution in [1.29, 1.82) is 0 Å². The van der Waals surface area contributed by atoms with Crippen molar-refractivity contribution in [1.82, 2.24) is 10.2 Å². The van der Waals surface area contributed by atoms with Crippen LogP contribution in [-0.2, 0) is 14.3 Å². The van der Waals surface area contributed by atoms with Crippen LogP contribution in [-0.4, -0.2) is 62.4 Å². The molecule has 0 amide bonds. The number of hydrogen-bond acceptors (Lipinski definition) is 5. The summed E-state index contributed by atoms with van der Waals surface area (Å²) < 4.78 is 10.8. The Labute approximate surface area is 116 Å². The Hall–Kier alpha value is -0.650. The second-order valence-electron chi connectivity index (χ2n) is 5.26. The molecule has 5 nitrogen and oxygen atoms in total. The lowest BCUT2D eigenvalue weighted by molar-refractivity contribution is -0.151. The third kappa shape index (κ3) is 4.75. The van der Waals surface area contributed by atoms with Gasteiger partial charge in [0.05, 0.1) is 12.7 Å². The van der Waals surface area contributed by atoms with Crippen molar-refractivity contribution >= 4 is 5.97 Å². The number of carbonyl (C=O) groups is 1. The lowest BCUT2D eigenvalue weighted by Gasteiger charge is -2.38. The second kappa shape index (κ2) is 7.82. The molecule has 0 aromatic heterocycles. The molecule has 0 aliphatic carbocycles. The van der Waals surface area contributed by atoms with Crippen molar-refractivity contribution < 1.29 is 14.3 Å². The first-order chi connectivity index (χ1) is 9.05. The van der Waals surface area contributed by atoms with Gasteiger partial charge in [-0.15, -0.1) is 0 Å². The van der Waals surface area contributed by atoms with E-state index in [0.29, 0.717) is 19.3 Å². The number of esters is 1. The third-order valence-corrected chi connectivity index (χ3v) is 3.68. The van der Waals surface area contributed by atoms with Crippen LogP contribution in [0, 0.1) is 0 Å². The van der Waals surface area contributed by atoms with Crippen LogP contribution in [0.15, 0.2) is 0 Å². The van der Waals surface area contributed by atoms with Crippen molar-refractivity contribution in [2.24, 2.45) is 0 Å². The molecular weight excluding hydrogens is 244 g/mol. The average Bonchev–Trinajstić information content (AvgIpc) is 2.39. The topological polar surface area (TPSA) is 50.8 Å². The smallest absolute Gasteiger partial charge is 0.327 e. The fourth-order valence-corrected chi connectivity index (χ4v) is 2.51. The third-order valence-electron chi connectivity index (χ3n) is 3.68. The normalized spacial score (nSPS) is 23.9. The van der Waals surface area contributed by atoms with Crippen molar-refractivity contribution in [3.63, 3.8) is 0 Å². The van der Waals surface area contributed by atoms with Crippen molar-refractivity contribution in [3.05, 3.63) is 0 Å². The summed E-state index contributed by atoms with van der Waals surface area (Å²) in [7, 11) is 1.81. The molecule has 1 heterocycles. The van der Waals surface area contributed by atoms with Gasteiger partial charge in [-0.05, 0) is 47.2 Å². The molecule has 0 saturated carbocycles. The number of nitrogens with one attached hydrogen (secondary N) is 1. The van der Waals surface area contributed by atoms with Crippen LogP contribution in [0.4, 0.5) is 0 Å². The molecule has 0 aromatic carbocycles. The maximum absolute atomic E-state index is 12.0. The number of nitrogens with zero attached hydrogens (tertiary/aromatic N) is 1. The zero-order valence-electron chi connectivity index (χ0n) is 12.7. The van der Waals surface area contributed by atoms with Gasteiger partial charge in [0.2, 0.25) is 0 Å². The summed E-state index contributed by atoms with van der Waals surface area (Å²) in [6.45, 7) is 9.48. The van der Waals surface area contributed by atoms with Gasteiger partial charge in [0, 0.05) is 19.7 Å². The molecule has 0 spiro atoms. The standard InChI is InChI=1S/C14H28N2O3/c1-5-18-12-8-7-9-16(10-12)11-14(3,15-4)13(17)19-6-2/h12,15H,5-11H2,1-4H3. The van der Waals surface area contributed by atoms with Gasteiger partial charge in [-0.2, -0.15) is 0 Å². The highest BCUT2D eigenvalue weighted by Gasteiger charge is 2.36. The summed E-state index contributed by atoms with van der Waals surface area (Å²) in [5.41, 5.74) is -0.649. The van der Waals surface area contributed by atoms with Gasteiger partial charge in [0.1, 0.15) is 5.54 Å². The predicted molar refractivity (Wildman–Crippen MR) is 75.2 cm³/mol. The maximum atomic E-state index is 12.0. The SMILES string of the molecule is CCOC(=O)C(C)(CN1CCCC(OCC)C1)NC. The summed E-state index contributed by atoms with van der Waals surface area (Å²) >= 11 is 0. The molecule has 0 radical (unpaired) electrons. The van der Waals surface area contributed by atoms with E-state index in [-0.39, 0.29) is 5.97 Å². The van der Waals surface area contributed by atoms with E-state index in [4.69, 9.17) is 9.47 Å². The number of likely N-dealkylation sites (N-methyl/N-ethyl adjacent to an activating group) is 1. The first-order valence-corrected chi connectivity index (χ1v) is 7.25. The molecule has 2 unspecified atom stereocenters. The number of piperidine rings is 1. The zero-order valence-corrected chi connectivity index (χ0v) is 12.7. The van der Waals surface area contributed by atoms with Gasteiger partial charge in [-0.25, -0.2) is 0 Å². The van der Waals surface area contributed by atoms with E-state index >= 15 is 0 Å². The molecule has 5 heteroatoms. The van der Waals surface area contributed by atoms with Crippen LogP contribution in [0.25, 0.3) is 0 Å². The Balaban J connectivity index is 2.56. The van der Waals surface area contributed by atoms with Crippen molar-refractivity contribution in [2.45, 2.75) is 45.3 Å². The highest BCUT2D eigenvalue weighted by atomic mass is 16.5. The molecule has 1 saturated heterocycles. The molecule has 1 fully saturated rings. The molecule has 112 valence electrons. The van der Waals surface area contributed by atoms with Crippen molar-refractivity contribution in [3.8, 4) is 0 Å². The van der Waals surface area contributed by atoms with Crippen LogP contribution in [0.2, 0.25) is 0 Å². The Morgan fingerprint density at radius 3 is 2.74 bits per heavy atom. The van der Waals surface area contributed by atoms with E-state index in [9.17, 15) is 4.79 Å². The Morgan fingerprint density at radius 1 is 1.42 bits per heavy atom. The van der Waals surface area contributed by atoms with Gasteiger partial charge in [0.15, 0.2) is 0 Å². The predicted octanol–water partition coefficient (Wildman–Crippen LogP) is 1.03. The summed E-state index contributed by atoms with van der Waals surface area (Å²) in [6, 6.07) is 0. The minimum absolute atomic E-state index is 0.184. The molecule has 0 aromatic rings. The highest BCUT2D eigenvalue weighted by molar-refractivity contribution is 5.80. The molecular formula is C14H28N2O3. The second-order valence-corrected chi connectivity index (χ2v) is 5.26. The van der Waals surface area contributed by atoms with E-state index in [1.165, 1.54) is 0 Å². The number of likely N-dealkylation sites (tertiary alicyclic amines) is 1. The fourth-order valence-electron chi connectivity index (χ4n) is 2.51. The zero-order chi connectivity index (χ0) is 14.3. The van der Waals surface area contributed by atoms with Gasteiger partial charge in [-0.3, -0.25) is 9.69 Å². The summed E-state index contributed by atoms with van der Waals surface area (Å²) in [6.07, 6.45) is 2.52. The average molecular weight is 272 g/mol. The summed E-state index contributed by atoms with van der Waals surface area (Å²) in [4.78, 5) is 14.3. The van der Waals surface area contributed by atoms with Crippen LogP contribution >= 0.6 is 0 Å². The summed E-state index contributed by atoms with van der Waals surface area (Å²) in [5.74, 6) is -0.184. The largest absolute Gasteiger partial charge is 0.465 e. The van der Waals surface area contributed by atoms with Gasteiger partial charge in [0.25, 0.3) is 0 Å². The first-order valence-electron chi connectivity index (χ1n) is 7.25. The number of rotatable bonds is 7. The first kappa shape index (κ1) is 16.4. The molecule has 1 aliphatic heterocycles. The number of carbonyl (C=O) groups excluding carboxylic acids is 1. The minimum Gasteiger partial charge on any atom is -0.465 e. The molecule has 1 rings (SSSR count). The van der Waals surface area contributed by atoms with Gasteiger partial charge < -0.3 is 14.8 Å². The molecule has 1 N–H and O–H groups in total. The van der Waals surface area contributed by atoms with Crippen molar-refractivity contribution in [2.75, 3.05) is 39.9 Å². The van der Waals surface area contributed by atoms with E-state index in [2.05, 4.69) is 10.2 Å². The van der Waals surface area contributed by atoms with E-state index in [1.807, 2.05) is 20.8 Å². The number of ether oxygens (including phenoxy) is 2. The number of hydrogen-bond donors (Lipinski definition) is 1. The van der Waals surface area contributed by atoms with E-state index in [1.54, 1.807) is 7.05 Å².